The molecule has 90 valence electrons. The minimum atomic E-state index is -0.406. The van der Waals surface area contributed by atoms with E-state index in [0.717, 1.165) is 11.1 Å². The van der Waals surface area contributed by atoms with E-state index in [1.807, 2.05) is 19.1 Å². The second kappa shape index (κ2) is 6.06. The Kier molecular flexibility index (Phi) is 4.72. The highest BCUT2D eigenvalue weighted by atomic mass is 35.5. The molecule has 0 aliphatic heterocycles. The summed E-state index contributed by atoms with van der Waals surface area (Å²) in [5, 5.41) is 0.648. The van der Waals surface area contributed by atoms with Crippen LogP contribution < -0.4 is 10.9 Å². The van der Waals surface area contributed by atoms with Crippen LogP contribution in [0.4, 0.5) is 0 Å². The molecule has 0 heterocycles. The molecule has 0 fully saturated rings. The molecule has 0 bridgehead atoms. The second-order valence-electron chi connectivity index (χ2n) is 3.51. The number of nitrogens with one attached hydrogen (secondary N) is 2. The molecule has 5 heteroatoms. The molecule has 4 nitrogen and oxygen atoms in total. The standard InChI is InChI=1S/C12H13ClN2O2/c1-8-3-4-10(7-11(8)13)5-6-12(17)15-14-9(2)16/h3-7H,1-2H3,(H,14,16)(H,15,17)/b6-5+. The molecule has 0 atom stereocenters. The van der Waals surface area contributed by atoms with E-state index < -0.39 is 5.91 Å². The number of rotatable bonds is 2. The molecule has 0 aliphatic carbocycles. The van der Waals surface area contributed by atoms with Crippen molar-refractivity contribution in [2.45, 2.75) is 13.8 Å². The lowest BCUT2D eigenvalue weighted by Gasteiger charge is -2.01. The topological polar surface area (TPSA) is 58.2 Å². The van der Waals surface area contributed by atoms with Gasteiger partial charge in [-0.05, 0) is 30.2 Å². The van der Waals surface area contributed by atoms with E-state index >= 15 is 0 Å². The summed E-state index contributed by atoms with van der Waals surface area (Å²) in [5.41, 5.74) is 6.20. The van der Waals surface area contributed by atoms with Gasteiger partial charge in [-0.3, -0.25) is 20.4 Å². The number of hydrogen-bond donors (Lipinski definition) is 2. The fourth-order valence-corrected chi connectivity index (χ4v) is 1.26. The van der Waals surface area contributed by atoms with Gasteiger partial charge in [0.2, 0.25) is 5.91 Å². The molecule has 1 aromatic rings. The minimum Gasteiger partial charge on any atom is -0.274 e. The van der Waals surface area contributed by atoms with Crippen molar-refractivity contribution in [3.05, 3.63) is 40.4 Å². The van der Waals surface area contributed by atoms with Gasteiger partial charge >= 0.3 is 0 Å². The molecule has 2 amide bonds. The Hall–Kier alpha value is -1.81. The van der Waals surface area contributed by atoms with Crippen LogP contribution in [0.2, 0.25) is 5.02 Å². The maximum atomic E-state index is 11.2. The van der Waals surface area contributed by atoms with Crippen molar-refractivity contribution in [1.29, 1.82) is 0 Å². The first-order chi connectivity index (χ1) is 7.99. The number of carbonyl (C=O) groups is 2. The van der Waals surface area contributed by atoms with Gasteiger partial charge < -0.3 is 0 Å². The van der Waals surface area contributed by atoms with Gasteiger partial charge in [-0.15, -0.1) is 0 Å². The van der Waals surface area contributed by atoms with Crippen molar-refractivity contribution in [3.8, 4) is 0 Å². The Morgan fingerprint density at radius 2 is 2.00 bits per heavy atom. The van der Waals surface area contributed by atoms with Gasteiger partial charge in [0.1, 0.15) is 0 Å². The monoisotopic (exact) mass is 252 g/mol. The Bertz CT molecular complexity index is 470. The SMILES string of the molecule is CC(=O)NNC(=O)/C=C/c1ccc(C)c(Cl)c1. The molecule has 0 spiro atoms. The Morgan fingerprint density at radius 3 is 2.59 bits per heavy atom. The van der Waals surface area contributed by atoms with Gasteiger partial charge in [0, 0.05) is 18.0 Å². The quantitative estimate of drug-likeness (QED) is 0.623. The summed E-state index contributed by atoms with van der Waals surface area (Å²) < 4.78 is 0. The van der Waals surface area contributed by atoms with Gasteiger partial charge in [0.15, 0.2) is 0 Å². The number of benzene rings is 1. The molecular formula is C12H13ClN2O2. The van der Waals surface area contributed by atoms with Crippen molar-refractivity contribution in [2.75, 3.05) is 0 Å². The van der Waals surface area contributed by atoms with E-state index in [-0.39, 0.29) is 5.91 Å². The summed E-state index contributed by atoms with van der Waals surface area (Å²) in [6, 6.07) is 5.48. The molecule has 0 radical (unpaired) electrons. The van der Waals surface area contributed by atoms with E-state index in [2.05, 4.69) is 10.9 Å². The van der Waals surface area contributed by atoms with Crippen LogP contribution in [0.1, 0.15) is 18.1 Å². The van der Waals surface area contributed by atoms with Crippen molar-refractivity contribution in [2.24, 2.45) is 0 Å². The molecule has 2 N–H and O–H groups in total. The third kappa shape index (κ3) is 4.70. The zero-order chi connectivity index (χ0) is 12.8. The number of carbonyl (C=O) groups excluding carboxylic acids is 2. The van der Waals surface area contributed by atoms with E-state index in [4.69, 9.17) is 11.6 Å². The second-order valence-corrected chi connectivity index (χ2v) is 3.92. The van der Waals surface area contributed by atoms with Crippen molar-refractivity contribution >= 4 is 29.5 Å². The van der Waals surface area contributed by atoms with Gasteiger partial charge in [0.25, 0.3) is 5.91 Å². The van der Waals surface area contributed by atoms with Gasteiger partial charge in [-0.25, -0.2) is 0 Å². The van der Waals surface area contributed by atoms with Crippen LogP contribution in [-0.4, -0.2) is 11.8 Å². The third-order valence-electron chi connectivity index (χ3n) is 1.98. The third-order valence-corrected chi connectivity index (χ3v) is 2.39. The molecule has 17 heavy (non-hydrogen) atoms. The van der Waals surface area contributed by atoms with Gasteiger partial charge in [-0.2, -0.15) is 0 Å². The molecular weight excluding hydrogens is 240 g/mol. The normalized spacial score (nSPS) is 10.3. The molecule has 0 saturated heterocycles. The van der Waals surface area contributed by atoms with E-state index in [1.54, 1.807) is 12.1 Å². The fraction of sp³-hybridized carbons (Fsp3) is 0.167. The number of halogens is 1. The summed E-state index contributed by atoms with van der Waals surface area (Å²) in [4.78, 5) is 21.8. The predicted molar refractivity (Wildman–Crippen MR) is 67.2 cm³/mol. The van der Waals surface area contributed by atoms with Gasteiger partial charge in [-0.1, -0.05) is 23.7 Å². The van der Waals surface area contributed by atoms with E-state index in [0.29, 0.717) is 5.02 Å². The van der Waals surface area contributed by atoms with Crippen molar-refractivity contribution < 1.29 is 9.59 Å². The van der Waals surface area contributed by atoms with E-state index in [1.165, 1.54) is 13.0 Å². The summed E-state index contributed by atoms with van der Waals surface area (Å²) >= 11 is 5.94. The molecule has 0 aromatic heterocycles. The first-order valence-electron chi connectivity index (χ1n) is 5.00. The number of hydrogen-bond acceptors (Lipinski definition) is 2. The largest absolute Gasteiger partial charge is 0.274 e. The predicted octanol–water partition coefficient (Wildman–Crippen LogP) is 1.83. The lowest BCUT2D eigenvalue weighted by molar-refractivity contribution is -0.125. The number of hydrazine groups is 1. The van der Waals surface area contributed by atoms with Gasteiger partial charge in [0.05, 0.1) is 0 Å². The number of amides is 2. The lowest BCUT2D eigenvalue weighted by Crippen LogP contribution is -2.39. The summed E-state index contributed by atoms with van der Waals surface area (Å²) in [5.74, 6) is -0.734. The van der Waals surface area contributed by atoms with Crippen LogP contribution in [0.3, 0.4) is 0 Å². The fourth-order valence-electron chi connectivity index (χ4n) is 1.08. The zero-order valence-electron chi connectivity index (χ0n) is 9.58. The summed E-state index contributed by atoms with van der Waals surface area (Å²) in [6.45, 7) is 3.21. The average molecular weight is 253 g/mol. The molecule has 0 saturated carbocycles. The Labute approximate surface area is 105 Å². The first-order valence-corrected chi connectivity index (χ1v) is 5.37. The zero-order valence-corrected chi connectivity index (χ0v) is 10.3. The van der Waals surface area contributed by atoms with Crippen LogP contribution in [-0.2, 0) is 9.59 Å². The highest BCUT2D eigenvalue weighted by Crippen LogP contribution is 2.17. The summed E-state index contributed by atoms with van der Waals surface area (Å²) in [6.07, 6.45) is 2.93. The van der Waals surface area contributed by atoms with Crippen LogP contribution in [0, 0.1) is 6.92 Å². The molecule has 0 unspecified atom stereocenters. The highest BCUT2D eigenvalue weighted by Gasteiger charge is 1.97. The molecule has 0 aliphatic rings. The number of aryl methyl sites for hydroxylation is 1. The smallest absolute Gasteiger partial charge is 0.262 e. The maximum Gasteiger partial charge on any atom is 0.262 e. The molecule has 1 rings (SSSR count). The van der Waals surface area contributed by atoms with Crippen LogP contribution in [0.5, 0.6) is 0 Å². The van der Waals surface area contributed by atoms with Crippen molar-refractivity contribution in [1.82, 2.24) is 10.9 Å². The lowest BCUT2D eigenvalue weighted by atomic mass is 10.1. The first kappa shape index (κ1) is 13.3. The van der Waals surface area contributed by atoms with Crippen LogP contribution in [0.25, 0.3) is 6.08 Å². The maximum absolute atomic E-state index is 11.2. The minimum absolute atomic E-state index is 0.329. The van der Waals surface area contributed by atoms with Crippen molar-refractivity contribution in [3.63, 3.8) is 0 Å². The Balaban J connectivity index is 2.61. The van der Waals surface area contributed by atoms with Crippen LogP contribution in [0.15, 0.2) is 24.3 Å². The van der Waals surface area contributed by atoms with E-state index in [9.17, 15) is 9.59 Å². The highest BCUT2D eigenvalue weighted by molar-refractivity contribution is 6.31. The summed E-state index contributed by atoms with van der Waals surface area (Å²) in [7, 11) is 0. The Morgan fingerprint density at radius 1 is 1.29 bits per heavy atom. The molecule has 1 aromatic carbocycles. The van der Waals surface area contributed by atoms with Crippen LogP contribution >= 0.6 is 11.6 Å². The average Bonchev–Trinajstić information content (AvgIpc) is 2.28.